The quantitative estimate of drug-likeness (QED) is 0.793. The summed E-state index contributed by atoms with van der Waals surface area (Å²) < 4.78 is 0. The second-order valence-electron chi connectivity index (χ2n) is 6.11. The number of aromatic nitrogens is 1. The number of amides is 1. The Balaban J connectivity index is 1.80. The fourth-order valence-electron chi connectivity index (χ4n) is 2.56. The van der Waals surface area contributed by atoms with Crippen LogP contribution in [-0.4, -0.2) is 29.9 Å². The van der Waals surface area contributed by atoms with Crippen LogP contribution in [0.4, 0.5) is 11.4 Å². The first-order valence-corrected chi connectivity index (χ1v) is 7.95. The van der Waals surface area contributed by atoms with Gasteiger partial charge in [-0.1, -0.05) is 18.2 Å². The van der Waals surface area contributed by atoms with Crippen molar-refractivity contribution in [2.75, 3.05) is 19.4 Å². The van der Waals surface area contributed by atoms with E-state index in [0.29, 0.717) is 6.42 Å². The van der Waals surface area contributed by atoms with E-state index in [1.807, 2.05) is 55.5 Å². The van der Waals surface area contributed by atoms with Gasteiger partial charge in [-0.15, -0.1) is 0 Å². The summed E-state index contributed by atoms with van der Waals surface area (Å²) in [7, 11) is 3.54. The lowest BCUT2D eigenvalue weighted by atomic mass is 10.1. The summed E-state index contributed by atoms with van der Waals surface area (Å²) in [6, 6.07) is 18.1. The van der Waals surface area contributed by atoms with Gasteiger partial charge in [0.05, 0.1) is 11.9 Å². The zero-order valence-electron chi connectivity index (χ0n) is 14.2. The Labute approximate surface area is 142 Å². The van der Waals surface area contributed by atoms with Gasteiger partial charge >= 0.3 is 0 Å². The number of aryl methyl sites for hydroxylation is 1. The van der Waals surface area contributed by atoms with E-state index >= 15 is 0 Å². The number of carbonyl (C=O) groups is 1. The molecule has 0 saturated carbocycles. The average Bonchev–Trinajstić information content (AvgIpc) is 2.56. The van der Waals surface area contributed by atoms with Crippen LogP contribution in [0.5, 0.6) is 0 Å². The molecule has 3 aromatic rings. The Kier molecular flexibility index (Phi) is 4.47. The second-order valence-corrected chi connectivity index (χ2v) is 6.11. The normalized spacial score (nSPS) is 10.6. The zero-order valence-corrected chi connectivity index (χ0v) is 14.2. The smallest absolute Gasteiger partial charge is 0.226 e. The lowest BCUT2D eigenvalue weighted by Gasteiger charge is -2.12. The van der Waals surface area contributed by atoms with Gasteiger partial charge in [-0.05, 0) is 48.9 Å². The molecule has 122 valence electrons. The molecule has 0 aliphatic rings. The Morgan fingerprint density at radius 2 is 1.79 bits per heavy atom. The average molecular weight is 319 g/mol. The van der Waals surface area contributed by atoms with Crippen LogP contribution in [0.2, 0.25) is 0 Å². The SMILES string of the molecule is Cc1ccc2c(Nc3ccc(CC(=O)N(C)C)cc3)cccc2n1. The van der Waals surface area contributed by atoms with Crippen molar-refractivity contribution in [3.05, 3.63) is 65.9 Å². The highest BCUT2D eigenvalue weighted by atomic mass is 16.2. The first-order valence-electron chi connectivity index (χ1n) is 7.95. The summed E-state index contributed by atoms with van der Waals surface area (Å²) in [6.45, 7) is 1.99. The molecular weight excluding hydrogens is 298 g/mol. The number of fused-ring (bicyclic) bond motifs is 1. The van der Waals surface area contributed by atoms with Gasteiger partial charge in [-0.3, -0.25) is 9.78 Å². The third-order valence-electron chi connectivity index (χ3n) is 3.96. The van der Waals surface area contributed by atoms with Crippen LogP contribution in [0.25, 0.3) is 10.9 Å². The van der Waals surface area contributed by atoms with Crippen LogP contribution in [-0.2, 0) is 11.2 Å². The van der Waals surface area contributed by atoms with E-state index in [1.54, 1.807) is 19.0 Å². The number of benzene rings is 2. The van der Waals surface area contributed by atoms with Gasteiger partial charge in [-0.2, -0.15) is 0 Å². The Morgan fingerprint density at radius 3 is 2.50 bits per heavy atom. The number of pyridine rings is 1. The topological polar surface area (TPSA) is 45.2 Å². The largest absolute Gasteiger partial charge is 0.355 e. The maximum Gasteiger partial charge on any atom is 0.226 e. The third kappa shape index (κ3) is 3.54. The fourth-order valence-corrected chi connectivity index (χ4v) is 2.56. The summed E-state index contributed by atoms with van der Waals surface area (Å²) in [4.78, 5) is 17.9. The monoisotopic (exact) mass is 319 g/mol. The Bertz CT molecular complexity index is 870. The minimum Gasteiger partial charge on any atom is -0.355 e. The second kappa shape index (κ2) is 6.71. The van der Waals surface area contributed by atoms with E-state index in [2.05, 4.69) is 16.4 Å². The van der Waals surface area contributed by atoms with E-state index in [0.717, 1.165) is 33.5 Å². The number of likely N-dealkylation sites (N-methyl/N-ethyl adjacent to an activating group) is 1. The van der Waals surface area contributed by atoms with E-state index < -0.39 is 0 Å². The molecule has 0 radical (unpaired) electrons. The molecule has 4 nitrogen and oxygen atoms in total. The molecule has 0 atom stereocenters. The highest BCUT2D eigenvalue weighted by Crippen LogP contribution is 2.26. The lowest BCUT2D eigenvalue weighted by molar-refractivity contribution is -0.127. The molecule has 4 heteroatoms. The summed E-state index contributed by atoms with van der Waals surface area (Å²) in [5, 5.41) is 4.53. The third-order valence-corrected chi connectivity index (χ3v) is 3.96. The van der Waals surface area contributed by atoms with Gasteiger partial charge in [0.2, 0.25) is 5.91 Å². The molecule has 0 unspecified atom stereocenters. The molecule has 3 rings (SSSR count). The van der Waals surface area contributed by atoms with Crippen molar-refractivity contribution in [1.82, 2.24) is 9.88 Å². The predicted molar refractivity (Wildman–Crippen MR) is 98.6 cm³/mol. The fraction of sp³-hybridized carbons (Fsp3) is 0.200. The molecule has 0 bridgehead atoms. The molecule has 1 N–H and O–H groups in total. The Hall–Kier alpha value is -2.88. The van der Waals surface area contributed by atoms with Crippen molar-refractivity contribution in [1.29, 1.82) is 0 Å². The summed E-state index contributed by atoms with van der Waals surface area (Å²) in [5.74, 6) is 0.103. The van der Waals surface area contributed by atoms with Crippen LogP contribution < -0.4 is 5.32 Å². The molecule has 0 saturated heterocycles. The van der Waals surface area contributed by atoms with Crippen LogP contribution in [0.1, 0.15) is 11.3 Å². The molecule has 24 heavy (non-hydrogen) atoms. The van der Waals surface area contributed by atoms with Gasteiger partial charge in [-0.25, -0.2) is 0 Å². The summed E-state index contributed by atoms with van der Waals surface area (Å²) in [6.07, 6.45) is 0.421. The number of nitrogens with zero attached hydrogens (tertiary/aromatic N) is 2. The van der Waals surface area contributed by atoms with Crippen molar-refractivity contribution in [3.8, 4) is 0 Å². The van der Waals surface area contributed by atoms with Crippen molar-refractivity contribution in [3.63, 3.8) is 0 Å². The highest BCUT2D eigenvalue weighted by Gasteiger charge is 2.06. The minimum absolute atomic E-state index is 0.103. The van der Waals surface area contributed by atoms with Gasteiger partial charge < -0.3 is 10.2 Å². The van der Waals surface area contributed by atoms with Crippen molar-refractivity contribution in [2.24, 2.45) is 0 Å². The standard InChI is InChI=1S/C20H21N3O/c1-14-7-12-17-18(21-14)5-4-6-19(17)22-16-10-8-15(9-11-16)13-20(24)23(2)3/h4-12,22H,13H2,1-3H3. The van der Waals surface area contributed by atoms with Crippen LogP contribution >= 0.6 is 0 Å². The maximum absolute atomic E-state index is 11.8. The van der Waals surface area contributed by atoms with Crippen molar-refractivity contribution < 1.29 is 4.79 Å². The molecule has 0 aliphatic carbocycles. The van der Waals surface area contributed by atoms with Gasteiger partial charge in [0, 0.05) is 36.6 Å². The first kappa shape index (κ1) is 16.0. The molecule has 0 spiro atoms. The highest BCUT2D eigenvalue weighted by molar-refractivity contribution is 5.93. The van der Waals surface area contributed by atoms with E-state index in [1.165, 1.54) is 0 Å². The van der Waals surface area contributed by atoms with E-state index in [9.17, 15) is 4.79 Å². The number of carbonyl (C=O) groups excluding carboxylic acids is 1. The lowest BCUT2D eigenvalue weighted by Crippen LogP contribution is -2.23. The molecule has 0 aliphatic heterocycles. The van der Waals surface area contributed by atoms with Crippen molar-refractivity contribution in [2.45, 2.75) is 13.3 Å². The number of hydrogen-bond acceptors (Lipinski definition) is 3. The molecular formula is C20H21N3O. The molecule has 1 amide bonds. The summed E-state index contributed by atoms with van der Waals surface area (Å²) in [5.41, 5.74) is 5.01. The zero-order chi connectivity index (χ0) is 17.1. The molecule has 1 heterocycles. The number of rotatable bonds is 4. The van der Waals surface area contributed by atoms with Crippen LogP contribution in [0.3, 0.4) is 0 Å². The van der Waals surface area contributed by atoms with Gasteiger partial charge in [0.1, 0.15) is 0 Å². The number of nitrogens with one attached hydrogen (secondary N) is 1. The molecule has 0 fully saturated rings. The van der Waals surface area contributed by atoms with Gasteiger partial charge in [0.15, 0.2) is 0 Å². The van der Waals surface area contributed by atoms with Gasteiger partial charge in [0.25, 0.3) is 0 Å². The summed E-state index contributed by atoms with van der Waals surface area (Å²) >= 11 is 0. The van der Waals surface area contributed by atoms with E-state index in [4.69, 9.17) is 0 Å². The number of anilines is 2. The van der Waals surface area contributed by atoms with E-state index in [-0.39, 0.29) is 5.91 Å². The van der Waals surface area contributed by atoms with Crippen molar-refractivity contribution >= 4 is 28.2 Å². The molecule has 1 aromatic heterocycles. The minimum atomic E-state index is 0.103. The van der Waals surface area contributed by atoms with Crippen LogP contribution in [0.15, 0.2) is 54.6 Å². The number of hydrogen-bond donors (Lipinski definition) is 1. The maximum atomic E-state index is 11.8. The van der Waals surface area contributed by atoms with Crippen LogP contribution in [0, 0.1) is 6.92 Å². The molecule has 2 aromatic carbocycles. The predicted octanol–water partition coefficient (Wildman–Crippen LogP) is 3.92. The first-order chi connectivity index (χ1) is 11.5. The Morgan fingerprint density at radius 1 is 1.04 bits per heavy atom.